The summed E-state index contributed by atoms with van der Waals surface area (Å²) in [5.41, 5.74) is -0.123. The number of nitrogens with one attached hydrogen (secondary N) is 1. The summed E-state index contributed by atoms with van der Waals surface area (Å²) < 4.78 is 5.65. The van der Waals surface area contributed by atoms with E-state index in [2.05, 4.69) is 24.1 Å². The van der Waals surface area contributed by atoms with Gasteiger partial charge in [0.1, 0.15) is 0 Å². The van der Waals surface area contributed by atoms with Gasteiger partial charge in [-0.15, -0.1) is 0 Å². The lowest BCUT2D eigenvalue weighted by atomic mass is 10.1. The van der Waals surface area contributed by atoms with Crippen molar-refractivity contribution in [3.63, 3.8) is 0 Å². The highest BCUT2D eigenvalue weighted by atomic mass is 16.5. The van der Waals surface area contributed by atoms with Crippen molar-refractivity contribution in [3.8, 4) is 0 Å². The minimum absolute atomic E-state index is 0.123. The molecule has 1 N–H and O–H groups in total. The first-order valence-corrected chi connectivity index (χ1v) is 6.42. The van der Waals surface area contributed by atoms with Crippen LogP contribution >= 0.6 is 0 Å². The maximum absolute atomic E-state index is 12.1. The summed E-state index contributed by atoms with van der Waals surface area (Å²) in [6.45, 7) is 10.6. The fraction of sp³-hybridized carbons (Fsp3) is 0.917. The number of piperazine rings is 1. The predicted octanol–water partition coefficient (Wildman–Crippen LogP) is -0.471. The Morgan fingerprint density at radius 1 is 1.29 bits per heavy atom. The molecule has 0 aromatic heterocycles. The molecule has 17 heavy (non-hydrogen) atoms. The van der Waals surface area contributed by atoms with Gasteiger partial charge in [-0.05, 0) is 13.8 Å². The Labute approximate surface area is 103 Å². The number of carbonyl (C=O) groups excluding carboxylic acids is 1. The zero-order valence-corrected chi connectivity index (χ0v) is 10.9. The van der Waals surface area contributed by atoms with Crippen LogP contribution in [-0.2, 0) is 9.53 Å². The molecular formula is C12H23N3O2. The molecule has 2 aliphatic heterocycles. The van der Waals surface area contributed by atoms with Gasteiger partial charge in [0.2, 0.25) is 5.91 Å². The van der Waals surface area contributed by atoms with Crippen molar-refractivity contribution in [2.24, 2.45) is 0 Å². The van der Waals surface area contributed by atoms with Gasteiger partial charge in [0.15, 0.2) is 0 Å². The highest BCUT2D eigenvalue weighted by molar-refractivity contribution is 5.78. The smallest absolute Gasteiger partial charge is 0.236 e. The molecule has 0 aliphatic carbocycles. The molecule has 2 rings (SSSR count). The predicted molar refractivity (Wildman–Crippen MR) is 65.9 cm³/mol. The van der Waals surface area contributed by atoms with Crippen LogP contribution in [0.5, 0.6) is 0 Å². The van der Waals surface area contributed by atoms with Gasteiger partial charge in [0.25, 0.3) is 0 Å². The van der Waals surface area contributed by atoms with Gasteiger partial charge in [-0.1, -0.05) is 0 Å². The first-order chi connectivity index (χ1) is 8.07. The largest absolute Gasteiger partial charge is 0.373 e. The second-order valence-corrected chi connectivity index (χ2v) is 5.45. The standard InChI is InChI=1S/C12H23N3O2/c1-12(2)10-14(7-8-17-12)9-11(16)15-5-3-13-4-6-15/h13H,3-10H2,1-2H3. The number of ether oxygens (including phenoxy) is 1. The summed E-state index contributed by atoms with van der Waals surface area (Å²) in [6.07, 6.45) is 0. The molecule has 98 valence electrons. The molecule has 0 unspecified atom stereocenters. The Hall–Kier alpha value is -0.650. The van der Waals surface area contributed by atoms with Crippen molar-refractivity contribution in [2.75, 3.05) is 52.4 Å². The summed E-state index contributed by atoms with van der Waals surface area (Å²) in [7, 11) is 0. The highest BCUT2D eigenvalue weighted by Crippen LogP contribution is 2.16. The summed E-state index contributed by atoms with van der Waals surface area (Å²) in [5.74, 6) is 0.254. The van der Waals surface area contributed by atoms with Crippen LogP contribution in [0.1, 0.15) is 13.8 Å². The molecule has 2 aliphatic rings. The summed E-state index contributed by atoms with van der Waals surface area (Å²) in [5, 5.41) is 3.26. The van der Waals surface area contributed by atoms with E-state index in [9.17, 15) is 4.79 Å². The molecule has 2 heterocycles. The van der Waals surface area contributed by atoms with Crippen molar-refractivity contribution >= 4 is 5.91 Å². The third-order valence-electron chi connectivity index (χ3n) is 3.33. The zero-order valence-electron chi connectivity index (χ0n) is 10.9. The number of amides is 1. The number of nitrogens with zero attached hydrogens (tertiary/aromatic N) is 2. The number of rotatable bonds is 2. The van der Waals surface area contributed by atoms with E-state index >= 15 is 0 Å². The lowest BCUT2D eigenvalue weighted by Gasteiger charge is -2.39. The van der Waals surface area contributed by atoms with Crippen LogP contribution in [0.2, 0.25) is 0 Å². The van der Waals surface area contributed by atoms with E-state index in [0.717, 1.165) is 45.9 Å². The van der Waals surface area contributed by atoms with E-state index in [1.807, 2.05) is 4.90 Å². The zero-order chi connectivity index (χ0) is 12.3. The van der Waals surface area contributed by atoms with Crippen molar-refractivity contribution in [1.82, 2.24) is 15.1 Å². The lowest BCUT2D eigenvalue weighted by Crippen LogP contribution is -2.54. The summed E-state index contributed by atoms with van der Waals surface area (Å²) in [4.78, 5) is 16.3. The summed E-state index contributed by atoms with van der Waals surface area (Å²) in [6, 6.07) is 0. The van der Waals surface area contributed by atoms with Crippen molar-refractivity contribution in [2.45, 2.75) is 19.4 Å². The summed E-state index contributed by atoms with van der Waals surface area (Å²) >= 11 is 0. The van der Waals surface area contributed by atoms with Crippen molar-refractivity contribution < 1.29 is 9.53 Å². The first kappa shape index (κ1) is 12.8. The third kappa shape index (κ3) is 3.66. The molecule has 0 spiro atoms. The average molecular weight is 241 g/mol. The lowest BCUT2D eigenvalue weighted by molar-refractivity contribution is -0.137. The second kappa shape index (κ2) is 5.33. The Morgan fingerprint density at radius 2 is 2.00 bits per heavy atom. The molecule has 1 amide bonds. The van der Waals surface area contributed by atoms with E-state index < -0.39 is 0 Å². The second-order valence-electron chi connectivity index (χ2n) is 5.45. The van der Waals surface area contributed by atoms with Crippen LogP contribution in [0.4, 0.5) is 0 Å². The number of hydrogen-bond acceptors (Lipinski definition) is 4. The monoisotopic (exact) mass is 241 g/mol. The highest BCUT2D eigenvalue weighted by Gasteiger charge is 2.29. The molecule has 2 saturated heterocycles. The Bertz CT molecular complexity index is 275. The molecule has 5 nitrogen and oxygen atoms in total. The molecule has 5 heteroatoms. The van der Waals surface area contributed by atoms with E-state index in [1.54, 1.807) is 0 Å². The SMILES string of the molecule is CC1(C)CN(CC(=O)N2CCNCC2)CCO1. The number of hydrogen-bond donors (Lipinski definition) is 1. The quantitative estimate of drug-likeness (QED) is 0.710. The average Bonchev–Trinajstić information content (AvgIpc) is 2.29. The molecule has 0 aromatic rings. The van der Waals surface area contributed by atoms with Crippen LogP contribution in [-0.4, -0.2) is 73.7 Å². The van der Waals surface area contributed by atoms with E-state index in [0.29, 0.717) is 6.54 Å². The van der Waals surface area contributed by atoms with Gasteiger partial charge in [0.05, 0.1) is 18.8 Å². The van der Waals surface area contributed by atoms with Gasteiger partial charge < -0.3 is 15.0 Å². The fourth-order valence-corrected chi connectivity index (χ4v) is 2.45. The van der Waals surface area contributed by atoms with Gasteiger partial charge in [-0.2, -0.15) is 0 Å². The fourth-order valence-electron chi connectivity index (χ4n) is 2.45. The normalized spacial score (nSPS) is 25.9. The molecule has 0 bridgehead atoms. The van der Waals surface area contributed by atoms with E-state index in [1.165, 1.54) is 0 Å². The van der Waals surface area contributed by atoms with Gasteiger partial charge in [-0.25, -0.2) is 0 Å². The van der Waals surface area contributed by atoms with Crippen LogP contribution in [0.3, 0.4) is 0 Å². The molecule has 0 aromatic carbocycles. The van der Waals surface area contributed by atoms with Crippen molar-refractivity contribution in [3.05, 3.63) is 0 Å². The van der Waals surface area contributed by atoms with Crippen LogP contribution in [0.25, 0.3) is 0 Å². The molecule has 0 saturated carbocycles. The van der Waals surface area contributed by atoms with Crippen LogP contribution in [0.15, 0.2) is 0 Å². The van der Waals surface area contributed by atoms with Crippen LogP contribution in [0, 0.1) is 0 Å². The maximum atomic E-state index is 12.1. The first-order valence-electron chi connectivity index (χ1n) is 6.42. The van der Waals surface area contributed by atoms with Gasteiger partial charge in [-0.3, -0.25) is 9.69 Å². The number of carbonyl (C=O) groups is 1. The molecular weight excluding hydrogens is 218 g/mol. The van der Waals surface area contributed by atoms with Gasteiger partial charge >= 0.3 is 0 Å². The van der Waals surface area contributed by atoms with Crippen molar-refractivity contribution in [1.29, 1.82) is 0 Å². The third-order valence-corrected chi connectivity index (χ3v) is 3.33. The molecule has 0 radical (unpaired) electrons. The van der Waals surface area contributed by atoms with E-state index in [4.69, 9.17) is 4.74 Å². The molecule has 2 fully saturated rings. The Kier molecular flexibility index (Phi) is 4.01. The minimum Gasteiger partial charge on any atom is -0.373 e. The minimum atomic E-state index is -0.123. The maximum Gasteiger partial charge on any atom is 0.236 e. The topological polar surface area (TPSA) is 44.8 Å². The Balaban J connectivity index is 1.81. The van der Waals surface area contributed by atoms with E-state index in [-0.39, 0.29) is 11.5 Å². The Morgan fingerprint density at radius 3 is 2.65 bits per heavy atom. The molecule has 0 atom stereocenters. The van der Waals surface area contributed by atoms with Gasteiger partial charge in [0, 0.05) is 39.3 Å². The van der Waals surface area contributed by atoms with Crippen LogP contribution < -0.4 is 5.32 Å². The number of morpholine rings is 1.